The Balaban J connectivity index is 1.77. The number of amides is 2. The Morgan fingerprint density at radius 1 is 1.38 bits per heavy atom. The molecule has 0 aliphatic carbocycles. The van der Waals surface area contributed by atoms with Crippen LogP contribution in [0.4, 0.5) is 10.5 Å². The number of urea groups is 1. The van der Waals surface area contributed by atoms with Gasteiger partial charge in [-0.1, -0.05) is 0 Å². The summed E-state index contributed by atoms with van der Waals surface area (Å²) in [5.74, 6) is -0.379. The van der Waals surface area contributed by atoms with Gasteiger partial charge in [0.15, 0.2) is 5.58 Å². The first-order valence-corrected chi connectivity index (χ1v) is 8.37. The molecule has 0 radical (unpaired) electrons. The van der Waals surface area contributed by atoms with Crippen LogP contribution in [-0.2, 0) is 0 Å². The van der Waals surface area contributed by atoms with Crippen LogP contribution < -0.4 is 16.4 Å². The molecular formula is C17H24N4O3. The van der Waals surface area contributed by atoms with Gasteiger partial charge in [0, 0.05) is 30.9 Å². The van der Waals surface area contributed by atoms with Gasteiger partial charge in [-0.3, -0.25) is 4.57 Å². The molecule has 0 saturated carbocycles. The van der Waals surface area contributed by atoms with Crippen LogP contribution in [0.15, 0.2) is 27.4 Å². The highest BCUT2D eigenvalue weighted by Crippen LogP contribution is 2.21. The van der Waals surface area contributed by atoms with Gasteiger partial charge in [-0.25, -0.2) is 9.59 Å². The van der Waals surface area contributed by atoms with Crippen molar-refractivity contribution >= 4 is 22.8 Å². The van der Waals surface area contributed by atoms with Crippen molar-refractivity contribution in [2.24, 2.45) is 0 Å². The summed E-state index contributed by atoms with van der Waals surface area (Å²) < 4.78 is 6.89. The first-order valence-electron chi connectivity index (χ1n) is 8.37. The van der Waals surface area contributed by atoms with Gasteiger partial charge in [-0.2, -0.15) is 0 Å². The maximum atomic E-state index is 12.4. The molecule has 130 valence electrons. The minimum atomic E-state index is -0.379. The number of nitrogens with zero attached hydrogens (tertiary/aromatic N) is 2. The van der Waals surface area contributed by atoms with Crippen molar-refractivity contribution in [3.05, 3.63) is 28.7 Å². The van der Waals surface area contributed by atoms with Gasteiger partial charge in [-0.05, 0) is 51.9 Å². The zero-order chi connectivity index (χ0) is 17.3. The number of aromatic nitrogens is 1. The fraction of sp³-hybridized carbons (Fsp3) is 0.529. The Kier molecular flexibility index (Phi) is 4.62. The number of oxazole rings is 1. The minimum absolute atomic E-state index is 0.0187. The summed E-state index contributed by atoms with van der Waals surface area (Å²) in [6.07, 6.45) is 1.91. The number of fused-ring (bicyclic) bond motifs is 1. The van der Waals surface area contributed by atoms with Crippen LogP contribution in [0.2, 0.25) is 0 Å². The van der Waals surface area contributed by atoms with Crippen LogP contribution in [0.5, 0.6) is 0 Å². The van der Waals surface area contributed by atoms with Gasteiger partial charge < -0.3 is 20.0 Å². The van der Waals surface area contributed by atoms with Crippen LogP contribution in [0, 0.1) is 0 Å². The molecule has 1 aromatic heterocycles. The molecule has 1 saturated heterocycles. The fourth-order valence-corrected chi connectivity index (χ4v) is 3.17. The number of nitrogens with one attached hydrogen (secondary N) is 2. The van der Waals surface area contributed by atoms with Gasteiger partial charge in [0.2, 0.25) is 0 Å². The van der Waals surface area contributed by atoms with Crippen molar-refractivity contribution in [3.8, 4) is 0 Å². The van der Waals surface area contributed by atoms with Crippen LogP contribution in [0.1, 0.15) is 32.7 Å². The van der Waals surface area contributed by atoms with E-state index in [1.807, 2.05) is 20.9 Å². The number of piperidine rings is 1. The monoisotopic (exact) mass is 332 g/mol. The second-order valence-electron chi connectivity index (χ2n) is 6.54. The summed E-state index contributed by atoms with van der Waals surface area (Å²) in [6.45, 7) is 5.73. The lowest BCUT2D eigenvalue weighted by Crippen LogP contribution is -2.45. The van der Waals surface area contributed by atoms with E-state index in [0.717, 1.165) is 31.4 Å². The summed E-state index contributed by atoms with van der Waals surface area (Å²) in [5.41, 5.74) is 1.84. The topological polar surface area (TPSA) is 79.5 Å². The molecule has 1 aromatic carbocycles. The van der Waals surface area contributed by atoms with E-state index >= 15 is 0 Å². The number of hydrogen-bond acceptors (Lipinski definition) is 4. The fourth-order valence-electron chi connectivity index (χ4n) is 3.17. The van der Waals surface area contributed by atoms with Gasteiger partial charge in [0.05, 0.1) is 5.52 Å². The molecular weight excluding hydrogens is 308 g/mol. The minimum Gasteiger partial charge on any atom is -0.408 e. The molecule has 2 aromatic rings. The summed E-state index contributed by atoms with van der Waals surface area (Å²) in [6, 6.07) is 5.42. The van der Waals surface area contributed by atoms with E-state index in [-0.39, 0.29) is 23.9 Å². The highest BCUT2D eigenvalue weighted by molar-refractivity contribution is 5.91. The van der Waals surface area contributed by atoms with Crippen molar-refractivity contribution < 1.29 is 9.21 Å². The highest BCUT2D eigenvalue weighted by atomic mass is 16.4. The second-order valence-corrected chi connectivity index (χ2v) is 6.54. The third-order valence-corrected chi connectivity index (χ3v) is 4.56. The van der Waals surface area contributed by atoms with Gasteiger partial charge in [-0.15, -0.1) is 0 Å². The van der Waals surface area contributed by atoms with Gasteiger partial charge >= 0.3 is 11.8 Å². The summed E-state index contributed by atoms with van der Waals surface area (Å²) in [5, 5.41) is 6.18. The average Bonchev–Trinajstić information content (AvgIpc) is 2.90. The smallest absolute Gasteiger partial charge is 0.408 e. The molecule has 0 spiro atoms. The predicted octanol–water partition coefficient (Wildman–Crippen LogP) is 2.39. The number of anilines is 1. The lowest BCUT2D eigenvalue weighted by Gasteiger charge is -2.31. The van der Waals surface area contributed by atoms with E-state index in [1.54, 1.807) is 27.7 Å². The molecule has 0 unspecified atom stereocenters. The molecule has 7 nitrogen and oxygen atoms in total. The van der Waals surface area contributed by atoms with Crippen LogP contribution in [0.3, 0.4) is 0 Å². The third-order valence-electron chi connectivity index (χ3n) is 4.56. The predicted molar refractivity (Wildman–Crippen MR) is 93.5 cm³/mol. The molecule has 1 aliphatic rings. The summed E-state index contributed by atoms with van der Waals surface area (Å²) in [4.78, 5) is 26.1. The van der Waals surface area contributed by atoms with Crippen molar-refractivity contribution in [1.29, 1.82) is 0 Å². The van der Waals surface area contributed by atoms with E-state index in [0.29, 0.717) is 11.3 Å². The molecule has 3 rings (SSSR count). The molecule has 2 N–H and O–H groups in total. The summed E-state index contributed by atoms with van der Waals surface area (Å²) >= 11 is 0. The zero-order valence-electron chi connectivity index (χ0n) is 14.3. The first-order chi connectivity index (χ1) is 11.5. The van der Waals surface area contributed by atoms with Crippen LogP contribution in [-0.4, -0.2) is 41.7 Å². The number of benzene rings is 1. The van der Waals surface area contributed by atoms with E-state index < -0.39 is 0 Å². The van der Waals surface area contributed by atoms with Gasteiger partial charge in [0.25, 0.3) is 0 Å². The van der Waals surface area contributed by atoms with E-state index in [4.69, 9.17) is 4.42 Å². The first kappa shape index (κ1) is 16.6. The second kappa shape index (κ2) is 6.68. The number of rotatable bonds is 3. The average molecular weight is 332 g/mol. The molecule has 1 fully saturated rings. The number of carbonyl (C=O) groups excluding carboxylic acids is 1. The highest BCUT2D eigenvalue weighted by Gasteiger charge is 2.22. The van der Waals surface area contributed by atoms with E-state index in [9.17, 15) is 9.59 Å². The molecule has 24 heavy (non-hydrogen) atoms. The molecule has 0 bridgehead atoms. The standard InChI is InChI=1S/C17H24N4O3/c1-11(2)21-14-5-4-12(10-15(14)24-17(21)23)19-16(22)20(3)13-6-8-18-9-7-13/h4-5,10-11,13,18H,6-9H2,1-3H3,(H,19,22). The van der Waals surface area contributed by atoms with E-state index in [2.05, 4.69) is 10.6 Å². The Morgan fingerprint density at radius 3 is 2.75 bits per heavy atom. The molecule has 1 aliphatic heterocycles. The zero-order valence-corrected chi connectivity index (χ0v) is 14.3. The largest absolute Gasteiger partial charge is 0.420 e. The maximum absolute atomic E-state index is 12.4. The van der Waals surface area contributed by atoms with Crippen LogP contribution >= 0.6 is 0 Å². The third kappa shape index (κ3) is 3.17. The Hall–Kier alpha value is -2.28. The normalized spacial score (nSPS) is 15.8. The number of carbonyl (C=O) groups is 1. The molecule has 7 heteroatoms. The van der Waals surface area contributed by atoms with E-state index in [1.165, 1.54) is 0 Å². The molecule has 0 atom stereocenters. The van der Waals surface area contributed by atoms with Crippen molar-refractivity contribution in [2.75, 3.05) is 25.5 Å². The Labute approximate surface area is 140 Å². The molecule has 2 amide bonds. The van der Waals surface area contributed by atoms with Crippen molar-refractivity contribution in [1.82, 2.24) is 14.8 Å². The van der Waals surface area contributed by atoms with Crippen molar-refractivity contribution in [2.45, 2.75) is 38.8 Å². The van der Waals surface area contributed by atoms with Gasteiger partial charge in [0.1, 0.15) is 0 Å². The Bertz CT molecular complexity index is 787. The quantitative estimate of drug-likeness (QED) is 0.904. The number of hydrogen-bond donors (Lipinski definition) is 2. The van der Waals surface area contributed by atoms with Crippen molar-refractivity contribution in [3.63, 3.8) is 0 Å². The van der Waals surface area contributed by atoms with Crippen LogP contribution in [0.25, 0.3) is 11.1 Å². The maximum Gasteiger partial charge on any atom is 0.420 e. The Morgan fingerprint density at radius 2 is 2.08 bits per heavy atom. The summed E-state index contributed by atoms with van der Waals surface area (Å²) in [7, 11) is 1.82. The molecule has 2 heterocycles. The SMILES string of the molecule is CC(C)n1c(=O)oc2cc(NC(=O)N(C)C3CCNCC3)ccc21. The lowest BCUT2D eigenvalue weighted by atomic mass is 10.1. The lowest BCUT2D eigenvalue weighted by molar-refractivity contribution is 0.189.